The minimum Gasteiger partial charge on any atom is -0.497 e. The topological polar surface area (TPSA) is 116 Å². The maximum absolute atomic E-state index is 13.6. The van der Waals surface area contributed by atoms with E-state index in [0.29, 0.717) is 51.4 Å². The number of pyridine rings is 1. The Bertz CT molecular complexity index is 1540. The standard InChI is InChI=1S/C36H48N6O5/c1-25-8-11-28-23-29(34(39-31(28)21-25)42-17-19-47-20-18-42)24-41-15-5-7-33(43)38-32(22-27-9-12-30(46-4)13-10-27)36(45)40(3)26(2)35(44)37-14-6-16-41/h8-13,21,23,26,32H,5-7,14-20,22,24H2,1-4H3,(H,37,44)(H,38,43)/t26-,32-/m0/s1. The molecule has 47 heavy (non-hydrogen) atoms. The number of rotatable bonds is 6. The summed E-state index contributed by atoms with van der Waals surface area (Å²) in [4.78, 5) is 51.2. The molecule has 11 heteroatoms. The fraction of sp³-hybridized carbons (Fsp3) is 0.500. The lowest BCUT2D eigenvalue weighted by molar-refractivity contribution is -0.141. The minimum absolute atomic E-state index is 0.186. The van der Waals surface area contributed by atoms with Gasteiger partial charge in [0.05, 0.1) is 25.8 Å². The van der Waals surface area contributed by atoms with Crippen LogP contribution in [-0.4, -0.2) is 105 Å². The molecule has 2 aliphatic rings. The van der Waals surface area contributed by atoms with Gasteiger partial charge in [-0.2, -0.15) is 0 Å². The summed E-state index contributed by atoms with van der Waals surface area (Å²) in [6, 6.07) is 14.5. The van der Waals surface area contributed by atoms with Gasteiger partial charge < -0.3 is 29.9 Å². The largest absolute Gasteiger partial charge is 0.497 e. The Balaban J connectivity index is 1.35. The number of hydrogen-bond donors (Lipinski definition) is 2. The average molecular weight is 645 g/mol. The SMILES string of the molecule is COc1ccc(C[C@@H]2NC(=O)CCCN(Cc3cc4ccc(C)cc4nc3N3CCOCC3)CCCNC(=O)[C@H](C)N(C)C2=O)cc1. The Labute approximate surface area is 277 Å². The molecule has 2 aliphatic heterocycles. The Hall–Kier alpha value is -4.22. The van der Waals surface area contributed by atoms with Gasteiger partial charge in [-0.1, -0.05) is 24.3 Å². The molecular formula is C36H48N6O5. The van der Waals surface area contributed by atoms with Crippen molar-refractivity contribution >= 4 is 34.4 Å². The number of likely N-dealkylation sites (N-methyl/N-ethyl adjacent to an activating group) is 1. The number of morpholine rings is 1. The van der Waals surface area contributed by atoms with Crippen molar-refractivity contribution in [2.75, 3.05) is 65.0 Å². The summed E-state index contributed by atoms with van der Waals surface area (Å²) in [6.07, 6.45) is 1.94. The number of anilines is 1. The molecule has 0 saturated carbocycles. The Morgan fingerprint density at radius 3 is 2.47 bits per heavy atom. The third kappa shape index (κ3) is 8.99. The summed E-state index contributed by atoms with van der Waals surface area (Å²) in [5.41, 5.74) is 4.17. The lowest BCUT2D eigenvalue weighted by Crippen LogP contribution is -2.54. The average Bonchev–Trinajstić information content (AvgIpc) is 3.08. The Morgan fingerprint density at radius 2 is 1.72 bits per heavy atom. The summed E-state index contributed by atoms with van der Waals surface area (Å²) in [6.45, 7) is 9.27. The maximum Gasteiger partial charge on any atom is 0.245 e. The van der Waals surface area contributed by atoms with Crippen LogP contribution in [0, 0.1) is 6.92 Å². The van der Waals surface area contributed by atoms with Crippen molar-refractivity contribution in [1.29, 1.82) is 0 Å². The first-order valence-corrected chi connectivity index (χ1v) is 16.6. The van der Waals surface area contributed by atoms with Crippen molar-refractivity contribution in [3.63, 3.8) is 0 Å². The number of carbonyl (C=O) groups excluding carboxylic acids is 3. The van der Waals surface area contributed by atoms with Gasteiger partial charge in [0.15, 0.2) is 0 Å². The zero-order valence-electron chi connectivity index (χ0n) is 28.1. The summed E-state index contributed by atoms with van der Waals surface area (Å²) in [5, 5.41) is 7.10. The fourth-order valence-electron chi connectivity index (χ4n) is 6.19. The van der Waals surface area contributed by atoms with Gasteiger partial charge in [-0.3, -0.25) is 19.3 Å². The molecule has 2 fully saturated rings. The summed E-state index contributed by atoms with van der Waals surface area (Å²) >= 11 is 0. The number of nitrogens with one attached hydrogen (secondary N) is 2. The zero-order chi connectivity index (χ0) is 33.3. The fourth-order valence-corrected chi connectivity index (χ4v) is 6.19. The van der Waals surface area contributed by atoms with Gasteiger partial charge in [-0.25, -0.2) is 4.98 Å². The van der Waals surface area contributed by atoms with Crippen LogP contribution in [0.5, 0.6) is 5.75 Å². The number of methoxy groups -OCH3 is 1. The predicted molar refractivity (Wildman–Crippen MR) is 183 cm³/mol. The van der Waals surface area contributed by atoms with E-state index in [1.807, 2.05) is 24.3 Å². The number of amides is 3. The summed E-state index contributed by atoms with van der Waals surface area (Å²) in [5.74, 6) is 0.979. The number of nitrogens with zero attached hydrogens (tertiary/aromatic N) is 4. The number of fused-ring (bicyclic) bond motifs is 1. The zero-order valence-corrected chi connectivity index (χ0v) is 28.1. The number of carbonyl (C=O) groups is 3. The predicted octanol–water partition coefficient (Wildman–Crippen LogP) is 3.06. The lowest BCUT2D eigenvalue weighted by atomic mass is 10.0. The van der Waals surface area contributed by atoms with E-state index in [1.165, 1.54) is 10.5 Å². The van der Waals surface area contributed by atoms with Crippen LogP contribution < -0.4 is 20.3 Å². The van der Waals surface area contributed by atoms with Crippen LogP contribution in [0.15, 0.2) is 48.5 Å². The van der Waals surface area contributed by atoms with Crippen LogP contribution in [0.3, 0.4) is 0 Å². The first-order valence-electron chi connectivity index (χ1n) is 16.6. The smallest absolute Gasteiger partial charge is 0.245 e. The van der Waals surface area contributed by atoms with Gasteiger partial charge in [0.25, 0.3) is 0 Å². The number of hydrogen-bond acceptors (Lipinski definition) is 8. The van der Waals surface area contributed by atoms with E-state index in [4.69, 9.17) is 14.5 Å². The molecular weight excluding hydrogens is 596 g/mol. The van der Waals surface area contributed by atoms with Crippen molar-refractivity contribution in [3.05, 3.63) is 65.2 Å². The van der Waals surface area contributed by atoms with E-state index in [9.17, 15) is 14.4 Å². The highest BCUT2D eigenvalue weighted by molar-refractivity contribution is 5.92. The summed E-state index contributed by atoms with van der Waals surface area (Å²) in [7, 11) is 3.22. The van der Waals surface area contributed by atoms with E-state index in [-0.39, 0.29) is 24.1 Å². The molecule has 1 aromatic heterocycles. The number of benzene rings is 2. The molecule has 3 amide bonds. The Kier molecular flexibility index (Phi) is 11.7. The Morgan fingerprint density at radius 1 is 0.979 bits per heavy atom. The molecule has 0 spiro atoms. The van der Waals surface area contributed by atoms with E-state index < -0.39 is 12.1 Å². The number of ether oxygens (including phenoxy) is 2. The van der Waals surface area contributed by atoms with Gasteiger partial charge in [0.2, 0.25) is 17.7 Å². The molecule has 2 atom stereocenters. The van der Waals surface area contributed by atoms with Crippen LogP contribution in [-0.2, 0) is 32.1 Å². The first-order chi connectivity index (χ1) is 22.7. The normalized spacial score (nSPS) is 21.1. The molecule has 0 aliphatic carbocycles. The van der Waals surface area contributed by atoms with Gasteiger partial charge in [-0.05, 0) is 68.6 Å². The molecule has 11 nitrogen and oxygen atoms in total. The molecule has 0 unspecified atom stereocenters. The van der Waals surface area contributed by atoms with E-state index in [1.54, 1.807) is 21.1 Å². The second kappa shape index (κ2) is 16.1. The third-order valence-electron chi connectivity index (χ3n) is 9.10. The van der Waals surface area contributed by atoms with Gasteiger partial charge >= 0.3 is 0 Å². The van der Waals surface area contributed by atoms with Crippen molar-refractivity contribution in [1.82, 2.24) is 25.4 Å². The van der Waals surface area contributed by atoms with Crippen LogP contribution in [0.25, 0.3) is 10.9 Å². The molecule has 0 bridgehead atoms. The molecule has 0 radical (unpaired) electrons. The second-order valence-electron chi connectivity index (χ2n) is 12.6. The molecule has 5 rings (SSSR count). The van der Waals surface area contributed by atoms with E-state index in [0.717, 1.165) is 53.9 Å². The van der Waals surface area contributed by atoms with Gasteiger partial charge in [-0.15, -0.1) is 0 Å². The van der Waals surface area contributed by atoms with Crippen molar-refractivity contribution in [3.8, 4) is 5.75 Å². The molecule has 252 valence electrons. The molecule has 2 aromatic carbocycles. The van der Waals surface area contributed by atoms with E-state index >= 15 is 0 Å². The summed E-state index contributed by atoms with van der Waals surface area (Å²) < 4.78 is 10.9. The minimum atomic E-state index is -0.805. The lowest BCUT2D eigenvalue weighted by Gasteiger charge is -2.31. The van der Waals surface area contributed by atoms with Crippen LogP contribution in [0.2, 0.25) is 0 Å². The highest BCUT2D eigenvalue weighted by Gasteiger charge is 2.30. The highest BCUT2D eigenvalue weighted by Crippen LogP contribution is 2.27. The van der Waals surface area contributed by atoms with Gasteiger partial charge in [0, 0.05) is 63.6 Å². The van der Waals surface area contributed by atoms with Crippen LogP contribution >= 0.6 is 0 Å². The van der Waals surface area contributed by atoms with E-state index in [2.05, 4.69) is 51.6 Å². The maximum atomic E-state index is 13.6. The first kappa shape index (κ1) is 34.1. The third-order valence-corrected chi connectivity index (χ3v) is 9.10. The van der Waals surface area contributed by atoms with Crippen LogP contribution in [0.4, 0.5) is 5.82 Å². The molecule has 2 saturated heterocycles. The molecule has 3 aromatic rings. The quantitative estimate of drug-likeness (QED) is 0.421. The van der Waals surface area contributed by atoms with Crippen LogP contribution in [0.1, 0.15) is 42.9 Å². The van der Waals surface area contributed by atoms with Crippen molar-refractivity contribution in [2.24, 2.45) is 0 Å². The van der Waals surface area contributed by atoms with Gasteiger partial charge in [0.1, 0.15) is 23.7 Å². The molecule has 2 N–H and O–H groups in total. The number of aromatic nitrogens is 1. The number of aryl methyl sites for hydroxylation is 1. The monoisotopic (exact) mass is 644 g/mol. The van der Waals surface area contributed by atoms with Crippen molar-refractivity contribution in [2.45, 2.75) is 58.2 Å². The van der Waals surface area contributed by atoms with Crippen molar-refractivity contribution < 1.29 is 23.9 Å². The molecule has 3 heterocycles. The second-order valence-corrected chi connectivity index (χ2v) is 12.6. The highest BCUT2D eigenvalue weighted by atomic mass is 16.5.